The zero-order valence-corrected chi connectivity index (χ0v) is 11.0. The number of carboxylic acids is 1. The highest BCUT2D eigenvalue weighted by Crippen LogP contribution is 2.26. The Morgan fingerprint density at radius 2 is 2.22 bits per heavy atom. The molecule has 0 unspecified atom stereocenters. The van der Waals surface area contributed by atoms with Crippen molar-refractivity contribution in [1.29, 1.82) is 0 Å². The van der Waals surface area contributed by atoms with E-state index in [9.17, 15) is 14.9 Å². The number of rotatable bonds is 5. The molecule has 0 aliphatic rings. The van der Waals surface area contributed by atoms with Gasteiger partial charge in [-0.3, -0.25) is 10.1 Å². The standard InChI is InChI=1S/C11H10BrNO5/c1-7(2-11(14)15)6-18-10-4-8(12)3-9(5-10)13(16)17/h2-5H,6H2,1H3,(H,14,15)/b7-2-. The molecule has 0 aliphatic heterocycles. The van der Waals surface area contributed by atoms with E-state index in [2.05, 4.69) is 15.9 Å². The summed E-state index contributed by atoms with van der Waals surface area (Å²) in [5.74, 6) is -0.759. The normalized spacial score (nSPS) is 11.1. The fourth-order valence-corrected chi connectivity index (χ4v) is 1.65. The van der Waals surface area contributed by atoms with Gasteiger partial charge in [-0.15, -0.1) is 0 Å². The molecule has 1 aromatic carbocycles. The molecule has 0 radical (unpaired) electrons. The predicted molar refractivity (Wildman–Crippen MR) is 67.7 cm³/mol. The lowest BCUT2D eigenvalue weighted by atomic mass is 10.3. The van der Waals surface area contributed by atoms with Crippen LogP contribution in [0, 0.1) is 10.1 Å². The van der Waals surface area contributed by atoms with Gasteiger partial charge in [0.25, 0.3) is 5.69 Å². The molecular weight excluding hydrogens is 306 g/mol. The van der Waals surface area contributed by atoms with E-state index >= 15 is 0 Å². The van der Waals surface area contributed by atoms with E-state index in [1.54, 1.807) is 13.0 Å². The Morgan fingerprint density at radius 3 is 2.78 bits per heavy atom. The van der Waals surface area contributed by atoms with Crippen LogP contribution >= 0.6 is 15.9 Å². The second kappa shape index (κ2) is 6.15. The van der Waals surface area contributed by atoms with E-state index in [0.29, 0.717) is 15.8 Å². The quantitative estimate of drug-likeness (QED) is 0.512. The van der Waals surface area contributed by atoms with Crippen LogP contribution in [0.15, 0.2) is 34.3 Å². The van der Waals surface area contributed by atoms with Crippen LogP contribution in [-0.4, -0.2) is 22.6 Å². The van der Waals surface area contributed by atoms with Gasteiger partial charge in [-0.05, 0) is 18.6 Å². The first kappa shape index (κ1) is 14.2. The van der Waals surface area contributed by atoms with Crippen molar-refractivity contribution in [3.63, 3.8) is 0 Å². The Kier molecular flexibility index (Phi) is 4.85. The third-order valence-corrected chi connectivity index (χ3v) is 2.36. The molecule has 7 heteroatoms. The summed E-state index contributed by atoms with van der Waals surface area (Å²) in [7, 11) is 0. The summed E-state index contributed by atoms with van der Waals surface area (Å²) < 4.78 is 5.79. The van der Waals surface area contributed by atoms with Crippen LogP contribution in [0.2, 0.25) is 0 Å². The summed E-state index contributed by atoms with van der Waals surface area (Å²) >= 11 is 3.14. The Labute approximate surface area is 111 Å². The maximum Gasteiger partial charge on any atom is 0.328 e. The minimum Gasteiger partial charge on any atom is -0.489 e. The van der Waals surface area contributed by atoms with E-state index in [4.69, 9.17) is 9.84 Å². The second-order valence-corrected chi connectivity index (χ2v) is 4.44. The van der Waals surface area contributed by atoms with Crippen LogP contribution in [-0.2, 0) is 4.79 Å². The van der Waals surface area contributed by atoms with Crippen molar-refractivity contribution in [3.05, 3.63) is 44.4 Å². The first-order valence-corrected chi connectivity index (χ1v) is 5.65. The lowest BCUT2D eigenvalue weighted by molar-refractivity contribution is -0.385. The molecule has 1 N–H and O–H groups in total. The predicted octanol–water partition coefficient (Wildman–Crippen LogP) is 2.77. The third kappa shape index (κ3) is 4.54. The second-order valence-electron chi connectivity index (χ2n) is 3.52. The molecule has 0 spiro atoms. The number of benzene rings is 1. The minimum atomic E-state index is -1.06. The Hall–Kier alpha value is -1.89. The molecule has 96 valence electrons. The Morgan fingerprint density at radius 1 is 1.56 bits per heavy atom. The monoisotopic (exact) mass is 315 g/mol. The maximum absolute atomic E-state index is 10.6. The highest BCUT2D eigenvalue weighted by Gasteiger charge is 2.09. The molecule has 0 amide bonds. The summed E-state index contributed by atoms with van der Waals surface area (Å²) in [6.07, 6.45) is 1.02. The van der Waals surface area contributed by atoms with Crippen LogP contribution in [0.25, 0.3) is 0 Å². The average molecular weight is 316 g/mol. The van der Waals surface area contributed by atoms with Gasteiger partial charge < -0.3 is 9.84 Å². The van der Waals surface area contributed by atoms with E-state index in [0.717, 1.165) is 6.08 Å². The van der Waals surface area contributed by atoms with Crippen LogP contribution < -0.4 is 4.74 Å². The molecule has 0 heterocycles. The van der Waals surface area contributed by atoms with Gasteiger partial charge in [0.15, 0.2) is 0 Å². The largest absolute Gasteiger partial charge is 0.489 e. The highest BCUT2D eigenvalue weighted by molar-refractivity contribution is 9.10. The van der Waals surface area contributed by atoms with Gasteiger partial charge in [0.1, 0.15) is 12.4 Å². The molecule has 0 atom stereocenters. The van der Waals surface area contributed by atoms with E-state index in [1.165, 1.54) is 12.1 Å². The van der Waals surface area contributed by atoms with E-state index < -0.39 is 10.9 Å². The molecule has 0 aromatic heterocycles. The van der Waals surface area contributed by atoms with Gasteiger partial charge in [-0.25, -0.2) is 4.79 Å². The van der Waals surface area contributed by atoms with Crippen LogP contribution in [0.5, 0.6) is 5.75 Å². The van der Waals surface area contributed by atoms with Crippen LogP contribution in [0.3, 0.4) is 0 Å². The average Bonchev–Trinajstić information content (AvgIpc) is 2.24. The van der Waals surface area contributed by atoms with Crippen molar-refractivity contribution < 1.29 is 19.6 Å². The first-order valence-electron chi connectivity index (χ1n) is 4.86. The molecule has 1 rings (SSSR count). The van der Waals surface area contributed by atoms with Gasteiger partial charge in [0.2, 0.25) is 0 Å². The number of non-ortho nitro benzene ring substituents is 1. The number of carbonyl (C=O) groups is 1. The topological polar surface area (TPSA) is 89.7 Å². The molecule has 0 bridgehead atoms. The molecular formula is C11H10BrNO5. The van der Waals surface area contributed by atoms with E-state index in [1.807, 2.05) is 0 Å². The van der Waals surface area contributed by atoms with Gasteiger partial charge in [0, 0.05) is 16.6 Å². The number of carboxylic acid groups (broad SMARTS) is 1. The lowest BCUT2D eigenvalue weighted by Crippen LogP contribution is -2.02. The number of nitro benzene ring substituents is 1. The molecule has 0 aliphatic carbocycles. The molecule has 0 saturated heterocycles. The molecule has 0 fully saturated rings. The van der Waals surface area contributed by atoms with Crippen molar-refractivity contribution in [2.24, 2.45) is 0 Å². The molecule has 0 saturated carbocycles. The van der Waals surface area contributed by atoms with Gasteiger partial charge >= 0.3 is 5.97 Å². The van der Waals surface area contributed by atoms with Crippen LogP contribution in [0.1, 0.15) is 6.92 Å². The summed E-state index contributed by atoms with van der Waals surface area (Å²) in [6.45, 7) is 1.65. The summed E-state index contributed by atoms with van der Waals surface area (Å²) in [4.78, 5) is 20.5. The van der Waals surface area contributed by atoms with Crippen molar-refractivity contribution >= 4 is 27.6 Å². The van der Waals surface area contributed by atoms with Gasteiger partial charge in [-0.1, -0.05) is 15.9 Å². The zero-order chi connectivity index (χ0) is 13.7. The number of hydrogen-bond acceptors (Lipinski definition) is 4. The van der Waals surface area contributed by atoms with Gasteiger partial charge in [0.05, 0.1) is 11.0 Å². The number of hydrogen-bond donors (Lipinski definition) is 1. The SMILES string of the molecule is C/C(=C/C(=O)O)COc1cc(Br)cc([N+](=O)[O-])c1. The minimum absolute atomic E-state index is 0.0555. The van der Waals surface area contributed by atoms with Crippen molar-refractivity contribution in [1.82, 2.24) is 0 Å². The first-order chi connectivity index (χ1) is 8.38. The van der Waals surface area contributed by atoms with Crippen LogP contribution in [0.4, 0.5) is 5.69 Å². The van der Waals surface area contributed by atoms with E-state index in [-0.39, 0.29) is 12.3 Å². The fourth-order valence-electron chi connectivity index (χ4n) is 1.19. The Bertz CT molecular complexity index is 512. The highest BCUT2D eigenvalue weighted by atomic mass is 79.9. The van der Waals surface area contributed by atoms with Crippen molar-refractivity contribution in [2.75, 3.05) is 6.61 Å². The number of ether oxygens (including phenoxy) is 1. The van der Waals surface area contributed by atoms with Crippen molar-refractivity contribution in [2.45, 2.75) is 6.92 Å². The number of halogens is 1. The number of nitro groups is 1. The zero-order valence-electron chi connectivity index (χ0n) is 9.42. The van der Waals surface area contributed by atoms with Gasteiger partial charge in [-0.2, -0.15) is 0 Å². The lowest BCUT2D eigenvalue weighted by Gasteiger charge is -2.06. The number of aliphatic carboxylic acids is 1. The summed E-state index contributed by atoms with van der Waals surface area (Å²) in [6, 6.07) is 4.20. The smallest absolute Gasteiger partial charge is 0.328 e. The molecule has 1 aromatic rings. The molecule has 6 nitrogen and oxygen atoms in total. The molecule has 18 heavy (non-hydrogen) atoms. The summed E-state index contributed by atoms with van der Waals surface area (Å²) in [5.41, 5.74) is 0.407. The Balaban J connectivity index is 2.79. The summed E-state index contributed by atoms with van der Waals surface area (Å²) in [5, 5.41) is 19.1. The maximum atomic E-state index is 10.6. The third-order valence-electron chi connectivity index (χ3n) is 1.90. The fraction of sp³-hybridized carbons (Fsp3) is 0.182. The number of nitrogens with zero attached hydrogens (tertiary/aromatic N) is 1. The van der Waals surface area contributed by atoms with Crippen molar-refractivity contribution in [3.8, 4) is 5.75 Å².